The number of carbonyl (C=O) groups is 2. The summed E-state index contributed by atoms with van der Waals surface area (Å²) in [5.74, 6) is 0.200. The number of carbonyl (C=O) groups excluding carboxylic acids is 2. The van der Waals surface area contributed by atoms with Crippen LogP contribution in [0.1, 0.15) is 44.7 Å². The summed E-state index contributed by atoms with van der Waals surface area (Å²) in [5, 5.41) is 1.13. The quantitative estimate of drug-likeness (QED) is 0.424. The van der Waals surface area contributed by atoms with Gasteiger partial charge in [-0.15, -0.1) is 0 Å². The van der Waals surface area contributed by atoms with Gasteiger partial charge in [0.1, 0.15) is 0 Å². The summed E-state index contributed by atoms with van der Waals surface area (Å²) in [5.41, 5.74) is 9.45. The number of H-pyrrole nitrogens is 1. The molecular formula is C30H29N3O2. The number of nitrogens with one attached hydrogen (secondary N) is 1. The van der Waals surface area contributed by atoms with Crippen molar-refractivity contribution in [3.8, 4) is 22.3 Å². The Kier molecular flexibility index (Phi) is 5.21. The molecule has 176 valence electrons. The Morgan fingerprint density at radius 3 is 1.91 bits per heavy atom. The summed E-state index contributed by atoms with van der Waals surface area (Å²) in [7, 11) is 3.76. The topological polar surface area (TPSA) is 56.4 Å². The Labute approximate surface area is 205 Å². The maximum absolute atomic E-state index is 13.0. The van der Waals surface area contributed by atoms with Crippen LogP contribution in [-0.4, -0.2) is 53.8 Å². The molecule has 2 aliphatic heterocycles. The average Bonchev–Trinajstić information content (AvgIpc) is 3.16. The molecule has 2 amide bonds. The number of hydrogen-bond donors (Lipinski definition) is 1. The predicted molar refractivity (Wildman–Crippen MR) is 140 cm³/mol. The standard InChI is InChI=1S/C30H29N3O2/c1-32-15-5-11-21-20(7-3-9-24(21)29(32)34)19-13-14-28-26(17-19)27(18-31-28)23-8-4-10-25-22(23)12-6-16-33(2)30(25)35/h3-4,7-10,13-14,17-18,31H,5-6,11-12,15-16H2,1-2H3. The van der Waals surface area contributed by atoms with Crippen molar-refractivity contribution in [1.29, 1.82) is 0 Å². The monoisotopic (exact) mass is 463 g/mol. The SMILES string of the molecule is CN1CCCc2c(cccc2-c2ccc3[nH]cc(-c4cccc5c4CCCN(C)C5=O)c3c2)C1=O. The Morgan fingerprint density at radius 1 is 0.686 bits per heavy atom. The number of aromatic amines is 1. The van der Waals surface area contributed by atoms with Gasteiger partial charge in [-0.2, -0.15) is 0 Å². The van der Waals surface area contributed by atoms with E-state index in [4.69, 9.17) is 0 Å². The minimum Gasteiger partial charge on any atom is -0.361 e. The number of fused-ring (bicyclic) bond motifs is 3. The van der Waals surface area contributed by atoms with E-state index in [1.54, 1.807) is 0 Å². The van der Waals surface area contributed by atoms with Gasteiger partial charge < -0.3 is 14.8 Å². The molecule has 1 N–H and O–H groups in total. The van der Waals surface area contributed by atoms with Crippen molar-refractivity contribution < 1.29 is 9.59 Å². The summed E-state index contributed by atoms with van der Waals surface area (Å²) >= 11 is 0. The van der Waals surface area contributed by atoms with Crippen molar-refractivity contribution in [2.45, 2.75) is 25.7 Å². The third-order valence-electron chi connectivity index (χ3n) is 7.63. The minimum absolute atomic E-state index is 0.0986. The molecule has 5 nitrogen and oxygen atoms in total. The van der Waals surface area contributed by atoms with E-state index in [2.05, 4.69) is 41.5 Å². The lowest BCUT2D eigenvalue weighted by Gasteiger charge is -2.16. The van der Waals surface area contributed by atoms with Gasteiger partial charge in [-0.3, -0.25) is 9.59 Å². The zero-order valence-electron chi connectivity index (χ0n) is 20.2. The highest BCUT2D eigenvalue weighted by atomic mass is 16.2. The lowest BCUT2D eigenvalue weighted by molar-refractivity contribution is 0.0792. The lowest BCUT2D eigenvalue weighted by Crippen LogP contribution is -2.26. The smallest absolute Gasteiger partial charge is 0.253 e. The second-order valence-corrected chi connectivity index (χ2v) is 9.79. The molecule has 0 fully saturated rings. The van der Waals surface area contributed by atoms with Crippen molar-refractivity contribution in [3.05, 3.63) is 83.0 Å². The van der Waals surface area contributed by atoms with Gasteiger partial charge >= 0.3 is 0 Å². The molecule has 0 atom stereocenters. The van der Waals surface area contributed by atoms with E-state index < -0.39 is 0 Å². The number of aromatic nitrogens is 1. The Morgan fingerprint density at radius 2 is 1.26 bits per heavy atom. The predicted octanol–water partition coefficient (Wildman–Crippen LogP) is 5.54. The third-order valence-corrected chi connectivity index (χ3v) is 7.63. The van der Waals surface area contributed by atoms with Gasteiger partial charge in [-0.1, -0.05) is 30.3 Å². The van der Waals surface area contributed by atoms with Crippen molar-refractivity contribution in [3.63, 3.8) is 0 Å². The number of hydrogen-bond acceptors (Lipinski definition) is 2. The molecule has 0 saturated carbocycles. The van der Waals surface area contributed by atoms with Crippen molar-refractivity contribution in [1.82, 2.24) is 14.8 Å². The van der Waals surface area contributed by atoms with E-state index in [0.717, 1.165) is 94.2 Å². The number of nitrogens with zero attached hydrogens (tertiary/aromatic N) is 2. The van der Waals surface area contributed by atoms with E-state index in [0.29, 0.717) is 0 Å². The first-order chi connectivity index (χ1) is 17.0. The molecule has 3 aromatic carbocycles. The largest absolute Gasteiger partial charge is 0.361 e. The van der Waals surface area contributed by atoms with Gasteiger partial charge in [0, 0.05) is 61.0 Å². The van der Waals surface area contributed by atoms with Crippen LogP contribution in [0.2, 0.25) is 0 Å². The molecule has 35 heavy (non-hydrogen) atoms. The van der Waals surface area contributed by atoms with E-state index in [1.807, 2.05) is 48.2 Å². The zero-order chi connectivity index (χ0) is 24.1. The van der Waals surface area contributed by atoms with Crippen molar-refractivity contribution in [2.75, 3.05) is 27.2 Å². The van der Waals surface area contributed by atoms with Crippen LogP contribution in [0.3, 0.4) is 0 Å². The maximum atomic E-state index is 13.0. The van der Waals surface area contributed by atoms with Crippen molar-refractivity contribution >= 4 is 22.7 Å². The van der Waals surface area contributed by atoms with E-state index in [9.17, 15) is 9.59 Å². The highest BCUT2D eigenvalue weighted by Crippen LogP contribution is 2.38. The summed E-state index contributed by atoms with van der Waals surface area (Å²) in [6.07, 6.45) is 5.76. The molecule has 0 aliphatic carbocycles. The second kappa shape index (κ2) is 8.42. The third kappa shape index (κ3) is 3.54. The molecule has 4 aromatic rings. The average molecular weight is 464 g/mol. The number of rotatable bonds is 2. The summed E-state index contributed by atoms with van der Waals surface area (Å²) in [4.78, 5) is 33.0. The van der Waals surface area contributed by atoms with E-state index in [1.165, 1.54) is 0 Å². The highest BCUT2D eigenvalue weighted by Gasteiger charge is 2.24. The molecule has 0 saturated heterocycles. The number of benzene rings is 3. The molecular weight excluding hydrogens is 434 g/mol. The van der Waals surface area contributed by atoms with Crippen LogP contribution < -0.4 is 0 Å². The van der Waals surface area contributed by atoms with Gasteiger partial charge in [-0.05, 0) is 77.8 Å². The molecule has 5 heteroatoms. The Hall–Kier alpha value is -3.86. The molecule has 1 aromatic heterocycles. The van der Waals surface area contributed by atoms with Crippen LogP contribution in [0.5, 0.6) is 0 Å². The fourth-order valence-corrected chi connectivity index (χ4v) is 5.75. The zero-order valence-corrected chi connectivity index (χ0v) is 20.2. The van der Waals surface area contributed by atoms with Gasteiger partial charge in [0.2, 0.25) is 0 Å². The van der Waals surface area contributed by atoms with Crippen LogP contribution in [0.25, 0.3) is 33.2 Å². The van der Waals surface area contributed by atoms with Crippen LogP contribution in [0, 0.1) is 0 Å². The molecule has 0 spiro atoms. The Balaban J connectivity index is 1.51. The number of amides is 2. The lowest BCUT2D eigenvalue weighted by atomic mass is 9.90. The van der Waals surface area contributed by atoms with Crippen LogP contribution in [-0.2, 0) is 12.8 Å². The van der Waals surface area contributed by atoms with Crippen LogP contribution in [0.15, 0.2) is 60.8 Å². The van der Waals surface area contributed by atoms with E-state index >= 15 is 0 Å². The van der Waals surface area contributed by atoms with Gasteiger partial charge in [0.25, 0.3) is 11.8 Å². The highest BCUT2D eigenvalue weighted by molar-refractivity contribution is 6.03. The van der Waals surface area contributed by atoms with Crippen LogP contribution in [0.4, 0.5) is 0 Å². The second-order valence-electron chi connectivity index (χ2n) is 9.79. The summed E-state index contributed by atoms with van der Waals surface area (Å²) < 4.78 is 0. The van der Waals surface area contributed by atoms with Gasteiger partial charge in [0.15, 0.2) is 0 Å². The first kappa shape index (κ1) is 21.7. The minimum atomic E-state index is 0.0986. The van der Waals surface area contributed by atoms with Crippen LogP contribution >= 0.6 is 0 Å². The molecule has 0 unspecified atom stereocenters. The molecule has 2 aliphatic rings. The summed E-state index contributed by atoms with van der Waals surface area (Å²) in [6.45, 7) is 1.55. The summed E-state index contributed by atoms with van der Waals surface area (Å²) in [6, 6.07) is 18.7. The molecule has 3 heterocycles. The van der Waals surface area contributed by atoms with E-state index in [-0.39, 0.29) is 11.8 Å². The van der Waals surface area contributed by atoms with Crippen molar-refractivity contribution in [2.24, 2.45) is 0 Å². The molecule has 6 rings (SSSR count). The molecule has 0 radical (unpaired) electrons. The van der Waals surface area contributed by atoms with Gasteiger partial charge in [0.05, 0.1) is 0 Å². The molecule has 0 bridgehead atoms. The first-order valence-electron chi connectivity index (χ1n) is 12.4. The van der Waals surface area contributed by atoms with Gasteiger partial charge in [-0.25, -0.2) is 0 Å². The fraction of sp³-hybridized carbons (Fsp3) is 0.267. The fourth-order valence-electron chi connectivity index (χ4n) is 5.75. The maximum Gasteiger partial charge on any atom is 0.253 e. The normalized spacial score (nSPS) is 16.2. The first-order valence-corrected chi connectivity index (χ1v) is 12.4. The Bertz CT molecular complexity index is 1480.